The number of ether oxygens (including phenoxy) is 2. The molecule has 5 aromatic rings. The fraction of sp³-hybridized carbons (Fsp3) is 0.171. The quantitative estimate of drug-likeness (QED) is 0.154. The molecule has 6 rings (SSSR count). The molecule has 0 saturated heterocycles. The predicted molar refractivity (Wildman–Crippen MR) is 182 cm³/mol. The first-order chi connectivity index (χ1) is 21.3. The van der Waals surface area contributed by atoms with Gasteiger partial charge in [-0.3, -0.25) is 9.36 Å². The second-order valence-electron chi connectivity index (χ2n) is 10.3. The summed E-state index contributed by atoms with van der Waals surface area (Å²) in [6.07, 6.45) is 1.92. The molecule has 0 fully saturated rings. The number of fused-ring (bicyclic) bond motifs is 1. The van der Waals surface area contributed by atoms with Crippen LogP contribution < -0.4 is 19.6 Å². The third-order valence-electron chi connectivity index (χ3n) is 7.62. The molecule has 1 aliphatic rings. The third-order valence-corrected chi connectivity index (χ3v) is 9.33. The molecule has 3 aromatic carbocycles. The van der Waals surface area contributed by atoms with Crippen molar-refractivity contribution < 1.29 is 14.3 Å². The van der Waals surface area contributed by atoms with Crippen molar-refractivity contribution in [2.24, 2.45) is 4.99 Å². The number of hydrogen-bond donors (Lipinski definition) is 0. The van der Waals surface area contributed by atoms with Crippen molar-refractivity contribution in [3.05, 3.63) is 142 Å². The molecular weight excluding hydrogens is 685 g/mol. The second kappa shape index (κ2) is 12.4. The molecule has 0 amide bonds. The number of halogens is 1. The molecule has 7 nitrogen and oxygen atoms in total. The van der Waals surface area contributed by atoms with Crippen molar-refractivity contribution in [2.45, 2.75) is 26.8 Å². The summed E-state index contributed by atoms with van der Waals surface area (Å²) in [5.74, 6) is 0.104. The largest absolute Gasteiger partial charge is 0.497 e. The van der Waals surface area contributed by atoms with Gasteiger partial charge in [-0.25, -0.2) is 9.79 Å². The van der Waals surface area contributed by atoms with Crippen molar-refractivity contribution in [1.82, 2.24) is 9.13 Å². The molecule has 0 unspecified atom stereocenters. The molecule has 0 spiro atoms. The van der Waals surface area contributed by atoms with E-state index in [0.717, 1.165) is 37.3 Å². The molecule has 2 aromatic heterocycles. The topological polar surface area (TPSA) is 74.8 Å². The molecule has 0 aliphatic carbocycles. The van der Waals surface area contributed by atoms with E-state index in [1.165, 1.54) is 11.3 Å². The number of nitrogens with zero attached hydrogens (tertiary/aromatic N) is 3. The molecule has 3 heterocycles. The maximum absolute atomic E-state index is 14.3. The summed E-state index contributed by atoms with van der Waals surface area (Å²) in [4.78, 5) is 33.4. The number of hydrogen-bond acceptors (Lipinski definition) is 6. The van der Waals surface area contributed by atoms with E-state index in [0.29, 0.717) is 26.4 Å². The van der Waals surface area contributed by atoms with Gasteiger partial charge in [-0.2, -0.15) is 0 Å². The number of thiazole rings is 1. The minimum absolute atomic E-state index is 0.190. The molecule has 0 N–H and O–H groups in total. The Morgan fingerprint density at radius 3 is 2.48 bits per heavy atom. The standard InChI is InChI=1S/C35H30IN3O4S/c1-5-43-34(41)30-31(23-10-7-6-8-11-23)37-35-39(32(30)24-12-9-13-28(19-24)42-4)33(40)29(44-35)20-25-18-21(2)38(22(25)3)27-16-14-26(36)15-17-27/h6-20,32H,5H2,1-4H3/b29-20-/t32-/m1/s1. The lowest BCUT2D eigenvalue weighted by molar-refractivity contribution is -0.138. The van der Waals surface area contributed by atoms with Gasteiger partial charge in [-0.1, -0.05) is 53.8 Å². The molecule has 0 radical (unpaired) electrons. The Balaban J connectivity index is 1.60. The molecule has 1 atom stereocenters. The van der Waals surface area contributed by atoms with Crippen LogP contribution >= 0.6 is 33.9 Å². The molecule has 222 valence electrons. The molecule has 9 heteroatoms. The van der Waals surface area contributed by atoms with E-state index in [4.69, 9.17) is 14.5 Å². The summed E-state index contributed by atoms with van der Waals surface area (Å²) in [5.41, 5.74) is 6.15. The lowest BCUT2D eigenvalue weighted by Crippen LogP contribution is -2.40. The lowest BCUT2D eigenvalue weighted by Gasteiger charge is -2.26. The second-order valence-corrected chi connectivity index (χ2v) is 12.6. The maximum Gasteiger partial charge on any atom is 0.338 e. The van der Waals surface area contributed by atoms with Crippen molar-refractivity contribution in [2.75, 3.05) is 13.7 Å². The summed E-state index contributed by atoms with van der Waals surface area (Å²) in [5, 5.41) is 0. The van der Waals surface area contributed by atoms with Crippen LogP contribution in [0.5, 0.6) is 5.75 Å². The van der Waals surface area contributed by atoms with E-state index >= 15 is 0 Å². The Bertz CT molecular complexity index is 2090. The van der Waals surface area contributed by atoms with Crippen LogP contribution in [0.25, 0.3) is 17.5 Å². The van der Waals surface area contributed by atoms with Crippen LogP contribution in [-0.4, -0.2) is 28.8 Å². The van der Waals surface area contributed by atoms with Gasteiger partial charge in [0.1, 0.15) is 5.75 Å². The Hall–Kier alpha value is -4.22. The first kappa shape index (κ1) is 29.8. The Morgan fingerprint density at radius 1 is 1.02 bits per heavy atom. The zero-order valence-electron chi connectivity index (χ0n) is 24.7. The number of aromatic nitrogens is 2. The minimum atomic E-state index is -0.767. The van der Waals surface area contributed by atoms with Crippen LogP contribution in [0.1, 0.15) is 41.0 Å². The number of rotatable bonds is 7. The third kappa shape index (κ3) is 5.46. The van der Waals surface area contributed by atoms with Gasteiger partial charge in [0, 0.05) is 26.2 Å². The van der Waals surface area contributed by atoms with Crippen LogP contribution in [-0.2, 0) is 9.53 Å². The van der Waals surface area contributed by atoms with Gasteiger partial charge in [0.25, 0.3) is 5.56 Å². The predicted octanol–water partition coefficient (Wildman–Crippen LogP) is 5.96. The van der Waals surface area contributed by atoms with Gasteiger partial charge in [0.2, 0.25) is 0 Å². The van der Waals surface area contributed by atoms with Gasteiger partial charge < -0.3 is 14.0 Å². The van der Waals surface area contributed by atoms with E-state index in [9.17, 15) is 9.59 Å². The summed E-state index contributed by atoms with van der Waals surface area (Å²) in [7, 11) is 1.59. The number of esters is 1. The number of carbonyl (C=O) groups excluding carboxylic acids is 1. The monoisotopic (exact) mass is 715 g/mol. The van der Waals surface area contributed by atoms with Crippen molar-refractivity contribution in [3.63, 3.8) is 0 Å². The highest BCUT2D eigenvalue weighted by molar-refractivity contribution is 14.1. The van der Waals surface area contributed by atoms with Gasteiger partial charge in [-0.15, -0.1) is 0 Å². The molecular formula is C35H30IN3O4S. The molecule has 44 heavy (non-hydrogen) atoms. The number of benzene rings is 3. The fourth-order valence-corrected chi connectivity index (χ4v) is 6.98. The SMILES string of the molecule is CCOC(=O)C1=C(c2ccccc2)N=c2s/c(=C\c3cc(C)n(-c4ccc(I)cc4)c3C)c(=O)n2[C@@H]1c1cccc(OC)c1. The van der Waals surface area contributed by atoms with Crippen molar-refractivity contribution in [3.8, 4) is 11.4 Å². The first-order valence-corrected chi connectivity index (χ1v) is 16.1. The van der Waals surface area contributed by atoms with E-state index in [-0.39, 0.29) is 12.2 Å². The van der Waals surface area contributed by atoms with Gasteiger partial charge in [0.05, 0.1) is 35.6 Å². The zero-order chi connectivity index (χ0) is 31.0. The number of carbonyl (C=O) groups is 1. The van der Waals surface area contributed by atoms with Gasteiger partial charge in [0.15, 0.2) is 4.80 Å². The molecule has 1 aliphatic heterocycles. The van der Waals surface area contributed by atoms with Crippen molar-refractivity contribution in [1.29, 1.82) is 0 Å². The highest BCUT2D eigenvalue weighted by Gasteiger charge is 2.35. The summed E-state index contributed by atoms with van der Waals surface area (Å²) < 4.78 is 16.6. The smallest absolute Gasteiger partial charge is 0.338 e. The molecule has 0 saturated carbocycles. The summed E-state index contributed by atoms with van der Waals surface area (Å²) >= 11 is 3.61. The van der Waals surface area contributed by atoms with E-state index in [1.807, 2.05) is 60.7 Å². The fourth-order valence-electron chi connectivity index (χ4n) is 5.63. The Labute approximate surface area is 272 Å². The number of aryl methyl sites for hydroxylation is 1. The maximum atomic E-state index is 14.3. The molecule has 0 bridgehead atoms. The summed E-state index contributed by atoms with van der Waals surface area (Å²) in [6.45, 7) is 6.07. The number of methoxy groups -OCH3 is 1. The van der Waals surface area contributed by atoms with E-state index in [1.54, 1.807) is 18.6 Å². The summed E-state index contributed by atoms with van der Waals surface area (Å²) in [6, 6.07) is 26.6. The highest BCUT2D eigenvalue weighted by Crippen LogP contribution is 2.36. The highest BCUT2D eigenvalue weighted by atomic mass is 127. The lowest BCUT2D eigenvalue weighted by atomic mass is 9.93. The van der Waals surface area contributed by atoms with E-state index in [2.05, 4.69) is 71.3 Å². The van der Waals surface area contributed by atoms with Crippen molar-refractivity contribution >= 4 is 51.7 Å². The van der Waals surface area contributed by atoms with Crippen LogP contribution in [0.3, 0.4) is 0 Å². The average molecular weight is 716 g/mol. The normalized spacial score (nSPS) is 14.8. The Kier molecular flexibility index (Phi) is 8.42. The van der Waals surface area contributed by atoms with E-state index < -0.39 is 12.0 Å². The zero-order valence-corrected chi connectivity index (χ0v) is 27.7. The van der Waals surface area contributed by atoms with Crippen LogP contribution in [0.15, 0.2) is 100 Å². The first-order valence-electron chi connectivity index (χ1n) is 14.2. The Morgan fingerprint density at radius 2 is 1.77 bits per heavy atom. The average Bonchev–Trinajstić information content (AvgIpc) is 3.50. The van der Waals surface area contributed by atoms with Crippen LogP contribution in [0, 0.1) is 17.4 Å². The minimum Gasteiger partial charge on any atom is -0.497 e. The van der Waals surface area contributed by atoms with Gasteiger partial charge >= 0.3 is 5.97 Å². The van der Waals surface area contributed by atoms with Crippen LogP contribution in [0.4, 0.5) is 0 Å². The van der Waals surface area contributed by atoms with Crippen LogP contribution in [0.2, 0.25) is 0 Å². The van der Waals surface area contributed by atoms with Gasteiger partial charge in [-0.05, 0) is 103 Å².